The van der Waals surface area contributed by atoms with Crippen molar-refractivity contribution in [2.75, 3.05) is 11.9 Å². The zero-order chi connectivity index (χ0) is 14.8. The van der Waals surface area contributed by atoms with E-state index in [-0.39, 0.29) is 17.6 Å². The zero-order valence-corrected chi connectivity index (χ0v) is 12.0. The maximum absolute atomic E-state index is 12.6. The first-order valence-corrected chi connectivity index (χ1v) is 7.10. The molecule has 1 atom stereocenters. The van der Waals surface area contributed by atoms with E-state index in [4.69, 9.17) is 0 Å². The van der Waals surface area contributed by atoms with Crippen LogP contribution in [0.2, 0.25) is 0 Å². The predicted octanol–water partition coefficient (Wildman–Crippen LogP) is 3.09. The van der Waals surface area contributed by atoms with Crippen LogP contribution in [0.4, 0.5) is 5.69 Å². The number of carbonyl (C=O) groups excluding carboxylic acids is 2. The van der Waals surface area contributed by atoms with E-state index in [0.717, 1.165) is 16.8 Å². The summed E-state index contributed by atoms with van der Waals surface area (Å²) in [4.78, 5) is 26.5. The van der Waals surface area contributed by atoms with Crippen LogP contribution in [0.5, 0.6) is 0 Å². The fraction of sp³-hybridized carbons (Fsp3) is 0.222. The molecule has 0 saturated heterocycles. The van der Waals surface area contributed by atoms with E-state index in [9.17, 15) is 9.59 Å². The average molecular weight is 279 g/mol. The van der Waals surface area contributed by atoms with Crippen molar-refractivity contribution in [3.8, 4) is 0 Å². The number of hydrogen-bond donors (Lipinski definition) is 0. The molecule has 1 aliphatic carbocycles. The largest absolute Gasteiger partial charge is 0.315 e. The summed E-state index contributed by atoms with van der Waals surface area (Å²) in [6.07, 6.45) is 0.935. The summed E-state index contributed by atoms with van der Waals surface area (Å²) in [5.74, 6) is -0.196. The highest BCUT2D eigenvalue weighted by Crippen LogP contribution is 2.27. The van der Waals surface area contributed by atoms with Crippen LogP contribution < -0.4 is 4.90 Å². The van der Waals surface area contributed by atoms with E-state index in [1.165, 1.54) is 0 Å². The van der Waals surface area contributed by atoms with Gasteiger partial charge in [-0.2, -0.15) is 0 Å². The molecule has 0 saturated carbocycles. The number of benzene rings is 2. The maximum atomic E-state index is 12.6. The van der Waals surface area contributed by atoms with Gasteiger partial charge in [-0.25, -0.2) is 0 Å². The zero-order valence-electron chi connectivity index (χ0n) is 12.0. The number of anilines is 1. The molecule has 1 aliphatic rings. The highest BCUT2D eigenvalue weighted by molar-refractivity contribution is 6.04. The highest BCUT2D eigenvalue weighted by Gasteiger charge is 2.31. The molecule has 0 bridgehead atoms. The molecular weight excluding hydrogens is 262 g/mol. The normalized spacial score (nSPS) is 17.2. The Morgan fingerprint density at radius 2 is 1.67 bits per heavy atom. The van der Waals surface area contributed by atoms with Gasteiger partial charge in [-0.3, -0.25) is 9.59 Å². The summed E-state index contributed by atoms with van der Waals surface area (Å²) < 4.78 is 0. The summed E-state index contributed by atoms with van der Waals surface area (Å²) in [6.45, 7) is 0. The van der Waals surface area contributed by atoms with Crippen LogP contribution in [-0.4, -0.2) is 18.7 Å². The third-order valence-electron chi connectivity index (χ3n) is 4.04. The minimum atomic E-state index is -0.266. The van der Waals surface area contributed by atoms with Gasteiger partial charge in [0, 0.05) is 30.6 Å². The molecule has 0 fully saturated rings. The van der Waals surface area contributed by atoms with Gasteiger partial charge in [0.15, 0.2) is 5.78 Å². The van der Waals surface area contributed by atoms with Crippen LogP contribution in [0, 0.1) is 5.92 Å². The molecule has 0 radical (unpaired) electrons. The summed E-state index contributed by atoms with van der Waals surface area (Å²) in [6, 6.07) is 17.1. The number of rotatable bonds is 2. The molecule has 1 amide bonds. The maximum Gasteiger partial charge on any atom is 0.230 e. The van der Waals surface area contributed by atoms with Crippen LogP contribution in [0.3, 0.4) is 0 Å². The summed E-state index contributed by atoms with van der Waals surface area (Å²) in [5, 5.41) is 0. The quantitative estimate of drug-likeness (QED) is 0.847. The van der Waals surface area contributed by atoms with E-state index in [0.29, 0.717) is 12.8 Å². The fourth-order valence-corrected chi connectivity index (χ4v) is 2.87. The Morgan fingerprint density at radius 3 is 2.43 bits per heavy atom. The standard InChI is InChI=1S/C18H17NO2/c1-19(15-8-3-2-4-9-15)18(21)14-11-13-7-5-6-10-16(13)17(20)12-14/h2-10,14H,11-12H2,1H3. The molecule has 2 aromatic carbocycles. The van der Waals surface area contributed by atoms with Gasteiger partial charge < -0.3 is 4.90 Å². The molecule has 3 nitrogen and oxygen atoms in total. The number of nitrogens with zero attached hydrogens (tertiary/aromatic N) is 1. The number of amides is 1. The number of para-hydroxylation sites is 1. The van der Waals surface area contributed by atoms with Gasteiger partial charge in [0.05, 0.1) is 0 Å². The molecule has 0 heterocycles. The van der Waals surface area contributed by atoms with Crippen molar-refractivity contribution in [2.45, 2.75) is 12.8 Å². The molecule has 0 spiro atoms. The fourth-order valence-electron chi connectivity index (χ4n) is 2.87. The average Bonchev–Trinajstić information content (AvgIpc) is 2.54. The molecule has 3 rings (SSSR count). The van der Waals surface area contributed by atoms with Crippen molar-refractivity contribution < 1.29 is 9.59 Å². The Morgan fingerprint density at radius 1 is 1.00 bits per heavy atom. The Labute approximate surface area is 124 Å². The van der Waals surface area contributed by atoms with Crippen LogP contribution in [0.25, 0.3) is 0 Å². The molecule has 106 valence electrons. The van der Waals surface area contributed by atoms with Crippen LogP contribution in [0.1, 0.15) is 22.3 Å². The molecular formula is C18H17NO2. The lowest BCUT2D eigenvalue weighted by molar-refractivity contribution is -0.122. The number of ketones is 1. The van der Waals surface area contributed by atoms with Crippen molar-refractivity contribution >= 4 is 17.4 Å². The van der Waals surface area contributed by atoms with E-state index in [2.05, 4.69) is 0 Å². The van der Waals surface area contributed by atoms with Crippen molar-refractivity contribution in [3.05, 3.63) is 65.7 Å². The number of Topliss-reactive ketones (excluding diaryl/α,β-unsaturated/α-hetero) is 1. The summed E-state index contributed by atoms with van der Waals surface area (Å²) >= 11 is 0. The second-order valence-electron chi connectivity index (χ2n) is 5.42. The second kappa shape index (κ2) is 5.52. The number of carbonyl (C=O) groups is 2. The van der Waals surface area contributed by atoms with Crippen molar-refractivity contribution in [3.63, 3.8) is 0 Å². The van der Waals surface area contributed by atoms with Gasteiger partial charge in [-0.1, -0.05) is 42.5 Å². The molecule has 0 aromatic heterocycles. The summed E-state index contributed by atoms with van der Waals surface area (Å²) in [7, 11) is 1.77. The van der Waals surface area contributed by atoms with Gasteiger partial charge in [-0.05, 0) is 24.1 Å². The first-order chi connectivity index (χ1) is 10.2. The first-order valence-electron chi connectivity index (χ1n) is 7.10. The van der Waals surface area contributed by atoms with Gasteiger partial charge in [0.25, 0.3) is 0 Å². The molecule has 1 unspecified atom stereocenters. The monoisotopic (exact) mass is 279 g/mol. The lowest BCUT2D eigenvalue weighted by Crippen LogP contribution is -2.37. The topological polar surface area (TPSA) is 37.4 Å². The van der Waals surface area contributed by atoms with E-state index < -0.39 is 0 Å². The predicted molar refractivity (Wildman–Crippen MR) is 82.4 cm³/mol. The molecule has 0 N–H and O–H groups in total. The van der Waals surface area contributed by atoms with Crippen LogP contribution in [0.15, 0.2) is 54.6 Å². The minimum Gasteiger partial charge on any atom is -0.315 e. The van der Waals surface area contributed by atoms with E-state index >= 15 is 0 Å². The van der Waals surface area contributed by atoms with Crippen molar-refractivity contribution in [1.82, 2.24) is 0 Å². The Balaban J connectivity index is 1.83. The van der Waals surface area contributed by atoms with E-state index in [1.807, 2.05) is 54.6 Å². The third-order valence-corrected chi connectivity index (χ3v) is 4.04. The van der Waals surface area contributed by atoms with Gasteiger partial charge in [-0.15, -0.1) is 0 Å². The summed E-state index contributed by atoms with van der Waals surface area (Å²) in [5.41, 5.74) is 2.60. The minimum absolute atomic E-state index is 0.00375. The van der Waals surface area contributed by atoms with Gasteiger partial charge >= 0.3 is 0 Å². The Kier molecular flexibility index (Phi) is 3.57. The van der Waals surface area contributed by atoms with Crippen LogP contribution >= 0.6 is 0 Å². The van der Waals surface area contributed by atoms with Crippen LogP contribution in [-0.2, 0) is 11.2 Å². The Hall–Kier alpha value is -2.42. The number of hydrogen-bond acceptors (Lipinski definition) is 2. The first kappa shape index (κ1) is 13.6. The molecule has 0 aliphatic heterocycles. The third kappa shape index (κ3) is 2.59. The lowest BCUT2D eigenvalue weighted by Gasteiger charge is -2.27. The lowest BCUT2D eigenvalue weighted by atomic mass is 9.82. The second-order valence-corrected chi connectivity index (χ2v) is 5.42. The van der Waals surface area contributed by atoms with Gasteiger partial charge in [0.1, 0.15) is 0 Å². The molecule has 21 heavy (non-hydrogen) atoms. The smallest absolute Gasteiger partial charge is 0.230 e. The Bertz CT molecular complexity index is 679. The number of fused-ring (bicyclic) bond motifs is 1. The van der Waals surface area contributed by atoms with Crippen molar-refractivity contribution in [1.29, 1.82) is 0 Å². The molecule has 3 heteroatoms. The van der Waals surface area contributed by atoms with E-state index in [1.54, 1.807) is 11.9 Å². The SMILES string of the molecule is CN(C(=O)C1CC(=O)c2ccccc2C1)c1ccccc1. The molecule has 2 aromatic rings. The highest BCUT2D eigenvalue weighted by atomic mass is 16.2. The van der Waals surface area contributed by atoms with Gasteiger partial charge in [0.2, 0.25) is 5.91 Å². The van der Waals surface area contributed by atoms with Crippen molar-refractivity contribution in [2.24, 2.45) is 5.92 Å².